The Labute approximate surface area is 202 Å². The molecule has 0 atom stereocenters. The fourth-order valence-electron chi connectivity index (χ4n) is 3.05. The molecule has 0 bridgehead atoms. The van der Waals surface area contributed by atoms with E-state index in [4.69, 9.17) is 16.3 Å². The molecule has 0 spiro atoms. The van der Waals surface area contributed by atoms with E-state index in [1.165, 1.54) is 11.8 Å². The predicted octanol–water partition coefficient (Wildman–Crippen LogP) is 4.14. The molecule has 2 N–H and O–H groups in total. The van der Waals surface area contributed by atoms with Gasteiger partial charge in [-0.15, -0.1) is 10.2 Å². The quantitative estimate of drug-likeness (QED) is 0.311. The molecule has 3 aromatic rings. The van der Waals surface area contributed by atoms with Gasteiger partial charge in [-0.05, 0) is 24.1 Å². The molecule has 1 aromatic heterocycles. The Kier molecular flexibility index (Phi) is 9.74. The molecule has 3 amide bonds. The van der Waals surface area contributed by atoms with Gasteiger partial charge in [-0.3, -0.25) is 10.1 Å². The third kappa shape index (κ3) is 7.59. The van der Waals surface area contributed by atoms with Gasteiger partial charge < -0.3 is 14.6 Å². The highest BCUT2D eigenvalue weighted by Crippen LogP contribution is 2.29. The maximum Gasteiger partial charge on any atom is 0.321 e. The summed E-state index contributed by atoms with van der Waals surface area (Å²) in [6, 6.07) is 16.4. The molecule has 0 saturated heterocycles. The Bertz CT molecular complexity index is 1060. The van der Waals surface area contributed by atoms with Gasteiger partial charge in [0, 0.05) is 44.5 Å². The van der Waals surface area contributed by atoms with Crippen molar-refractivity contribution in [2.75, 3.05) is 19.5 Å². The van der Waals surface area contributed by atoms with Crippen LogP contribution >= 0.6 is 23.4 Å². The maximum absolute atomic E-state index is 12.2. The number of nitrogens with zero attached hydrogens (tertiary/aromatic N) is 3. The van der Waals surface area contributed by atoms with E-state index in [2.05, 4.69) is 20.8 Å². The molecule has 0 saturated carbocycles. The third-order valence-electron chi connectivity index (χ3n) is 4.67. The van der Waals surface area contributed by atoms with Crippen LogP contribution in [0, 0.1) is 0 Å². The van der Waals surface area contributed by atoms with Crippen LogP contribution in [-0.2, 0) is 22.6 Å². The summed E-state index contributed by atoms with van der Waals surface area (Å²) >= 11 is 7.76. The van der Waals surface area contributed by atoms with Crippen LogP contribution in [0.25, 0.3) is 11.4 Å². The van der Waals surface area contributed by atoms with Gasteiger partial charge >= 0.3 is 6.03 Å². The summed E-state index contributed by atoms with van der Waals surface area (Å²) in [4.78, 5) is 24.1. The lowest BCUT2D eigenvalue weighted by molar-refractivity contribution is -0.119. The van der Waals surface area contributed by atoms with Crippen LogP contribution in [0.1, 0.15) is 18.4 Å². The first-order chi connectivity index (χ1) is 16.1. The zero-order valence-corrected chi connectivity index (χ0v) is 19.9. The van der Waals surface area contributed by atoms with E-state index in [9.17, 15) is 9.59 Å². The average molecular weight is 488 g/mol. The second kappa shape index (κ2) is 13.0. The summed E-state index contributed by atoms with van der Waals surface area (Å²) in [5.41, 5.74) is 1.75. The average Bonchev–Trinajstić information content (AvgIpc) is 3.21. The number of rotatable bonds is 11. The number of benzene rings is 2. The molecule has 0 aliphatic rings. The van der Waals surface area contributed by atoms with Crippen LogP contribution in [-0.4, -0.2) is 46.2 Å². The summed E-state index contributed by atoms with van der Waals surface area (Å²) in [6.45, 7) is 1.60. The zero-order valence-electron chi connectivity index (χ0n) is 18.3. The maximum atomic E-state index is 12.2. The van der Waals surface area contributed by atoms with Gasteiger partial charge in [0.25, 0.3) is 0 Å². The Hall–Kier alpha value is -2.88. The zero-order chi connectivity index (χ0) is 23.5. The van der Waals surface area contributed by atoms with Gasteiger partial charge in [-0.25, -0.2) is 4.79 Å². The van der Waals surface area contributed by atoms with Crippen molar-refractivity contribution in [3.63, 3.8) is 0 Å². The van der Waals surface area contributed by atoms with Gasteiger partial charge in [-0.1, -0.05) is 65.8 Å². The fraction of sp³-hybridized carbons (Fsp3) is 0.304. The van der Waals surface area contributed by atoms with E-state index in [1.807, 2.05) is 59.2 Å². The van der Waals surface area contributed by atoms with Crippen molar-refractivity contribution in [2.45, 2.75) is 31.1 Å². The monoisotopic (exact) mass is 487 g/mol. The molecule has 0 radical (unpaired) electrons. The van der Waals surface area contributed by atoms with Gasteiger partial charge in [-0.2, -0.15) is 0 Å². The van der Waals surface area contributed by atoms with Gasteiger partial charge in [0.15, 0.2) is 11.0 Å². The molecule has 1 heterocycles. The highest BCUT2D eigenvalue weighted by Gasteiger charge is 2.17. The molecule has 10 heteroatoms. The van der Waals surface area contributed by atoms with Crippen molar-refractivity contribution in [1.29, 1.82) is 0 Å². The van der Waals surface area contributed by atoms with Crippen LogP contribution in [0.4, 0.5) is 4.79 Å². The first-order valence-corrected chi connectivity index (χ1v) is 11.9. The SMILES string of the molecule is COCCCn1c(SCCC(=O)NC(=O)NCc2ccccc2)nnc1-c1ccccc1Cl. The summed E-state index contributed by atoms with van der Waals surface area (Å²) in [5.74, 6) is 0.761. The Morgan fingerprint density at radius 2 is 1.85 bits per heavy atom. The van der Waals surface area contributed by atoms with E-state index in [1.54, 1.807) is 7.11 Å². The lowest BCUT2D eigenvalue weighted by atomic mass is 10.2. The Balaban J connectivity index is 1.54. The van der Waals surface area contributed by atoms with Crippen molar-refractivity contribution in [3.05, 3.63) is 65.2 Å². The second-order valence-corrected chi connectivity index (χ2v) is 8.57. The van der Waals surface area contributed by atoms with Crippen LogP contribution in [0.2, 0.25) is 5.02 Å². The minimum Gasteiger partial charge on any atom is -0.385 e. The number of halogens is 1. The first-order valence-electron chi connectivity index (χ1n) is 10.5. The van der Waals surface area contributed by atoms with Crippen LogP contribution < -0.4 is 10.6 Å². The minimum absolute atomic E-state index is 0.162. The molecule has 8 nitrogen and oxygen atoms in total. The number of hydrogen-bond donors (Lipinski definition) is 2. The molecule has 3 rings (SSSR count). The number of aromatic nitrogens is 3. The number of carbonyl (C=O) groups excluding carboxylic acids is 2. The van der Waals surface area contributed by atoms with E-state index in [0.717, 1.165) is 17.5 Å². The summed E-state index contributed by atoms with van der Waals surface area (Å²) in [5, 5.41) is 14.9. The molecular weight excluding hydrogens is 462 g/mol. The van der Waals surface area contributed by atoms with Gasteiger partial charge in [0.2, 0.25) is 5.91 Å². The van der Waals surface area contributed by atoms with Crippen molar-refractivity contribution in [1.82, 2.24) is 25.4 Å². The van der Waals surface area contributed by atoms with Crippen molar-refractivity contribution < 1.29 is 14.3 Å². The summed E-state index contributed by atoms with van der Waals surface area (Å²) in [7, 11) is 1.66. The molecule has 0 fully saturated rings. The number of hydrogen-bond acceptors (Lipinski definition) is 6. The topological polar surface area (TPSA) is 98.1 Å². The minimum atomic E-state index is -0.516. The number of imide groups is 1. The molecule has 0 aliphatic heterocycles. The number of methoxy groups -OCH3 is 1. The van der Waals surface area contributed by atoms with Crippen molar-refractivity contribution in [2.24, 2.45) is 0 Å². The molecular formula is C23H26ClN5O3S. The number of amides is 3. The summed E-state index contributed by atoms with van der Waals surface area (Å²) in [6.07, 6.45) is 0.942. The standard InChI is InChI=1S/C23H26ClN5O3S/c1-32-14-7-13-29-21(18-10-5-6-11-19(18)24)27-28-23(29)33-15-12-20(30)26-22(31)25-16-17-8-3-2-4-9-17/h2-6,8-11H,7,12-16H2,1H3,(H2,25,26,30,31). The van der Waals surface area contributed by atoms with Crippen molar-refractivity contribution >= 4 is 35.3 Å². The highest BCUT2D eigenvalue weighted by molar-refractivity contribution is 7.99. The number of nitrogens with one attached hydrogen (secondary N) is 2. The molecule has 0 aliphatic carbocycles. The normalized spacial score (nSPS) is 10.7. The van der Waals surface area contributed by atoms with E-state index < -0.39 is 6.03 Å². The first kappa shape index (κ1) is 24.8. The fourth-order valence-corrected chi connectivity index (χ4v) is 4.17. The van der Waals surface area contributed by atoms with E-state index in [0.29, 0.717) is 41.5 Å². The third-order valence-corrected chi connectivity index (χ3v) is 5.97. The van der Waals surface area contributed by atoms with Crippen LogP contribution in [0.5, 0.6) is 0 Å². The number of carbonyl (C=O) groups is 2. The van der Waals surface area contributed by atoms with Crippen LogP contribution in [0.15, 0.2) is 59.8 Å². The van der Waals surface area contributed by atoms with Gasteiger partial charge in [0.1, 0.15) is 0 Å². The number of thioether (sulfide) groups is 1. The Morgan fingerprint density at radius 1 is 1.09 bits per heavy atom. The van der Waals surface area contributed by atoms with E-state index >= 15 is 0 Å². The predicted molar refractivity (Wildman–Crippen MR) is 129 cm³/mol. The second-order valence-electron chi connectivity index (χ2n) is 7.10. The molecule has 2 aromatic carbocycles. The number of urea groups is 1. The highest BCUT2D eigenvalue weighted by atomic mass is 35.5. The van der Waals surface area contributed by atoms with E-state index in [-0.39, 0.29) is 12.3 Å². The number of ether oxygens (including phenoxy) is 1. The summed E-state index contributed by atoms with van der Waals surface area (Å²) < 4.78 is 7.15. The van der Waals surface area contributed by atoms with Crippen LogP contribution in [0.3, 0.4) is 0 Å². The Morgan fingerprint density at radius 3 is 2.61 bits per heavy atom. The molecule has 0 unspecified atom stereocenters. The molecule has 174 valence electrons. The lowest BCUT2D eigenvalue weighted by Gasteiger charge is -2.11. The molecule has 33 heavy (non-hydrogen) atoms. The van der Waals surface area contributed by atoms with Crippen molar-refractivity contribution in [3.8, 4) is 11.4 Å². The largest absolute Gasteiger partial charge is 0.385 e. The van der Waals surface area contributed by atoms with Gasteiger partial charge in [0.05, 0.1) is 5.02 Å². The lowest BCUT2D eigenvalue weighted by Crippen LogP contribution is -2.39. The smallest absolute Gasteiger partial charge is 0.321 e.